The summed E-state index contributed by atoms with van der Waals surface area (Å²) in [5, 5.41) is 4.46. The van der Waals surface area contributed by atoms with Crippen LogP contribution in [0.1, 0.15) is 31.7 Å². The van der Waals surface area contributed by atoms with Gasteiger partial charge in [0.2, 0.25) is 0 Å². The highest BCUT2D eigenvalue weighted by Crippen LogP contribution is 2.41. The largest absolute Gasteiger partial charge is 0.381 e. The van der Waals surface area contributed by atoms with Crippen LogP contribution in [-0.2, 0) is 0 Å². The summed E-state index contributed by atoms with van der Waals surface area (Å²) >= 11 is 6.28. The van der Waals surface area contributed by atoms with Gasteiger partial charge in [-0.2, -0.15) is 0 Å². The topological polar surface area (TPSA) is 15.3 Å². The number of hydrogen-bond donors (Lipinski definition) is 1. The first-order valence-corrected chi connectivity index (χ1v) is 7.38. The van der Waals surface area contributed by atoms with Crippen molar-refractivity contribution in [1.29, 1.82) is 0 Å². The molecule has 2 unspecified atom stereocenters. The molecule has 0 amide bonds. The van der Waals surface area contributed by atoms with Gasteiger partial charge >= 0.3 is 0 Å². The Kier molecular flexibility index (Phi) is 3.14. The lowest BCUT2D eigenvalue weighted by molar-refractivity contribution is 0.336. The predicted octanol–water partition coefficient (Wildman–Crippen LogP) is 4.07. The molecule has 2 nitrogen and oxygen atoms in total. The summed E-state index contributed by atoms with van der Waals surface area (Å²) in [6.07, 6.45) is 3.94. The predicted molar refractivity (Wildman–Crippen MR) is 78.8 cm³/mol. The quantitative estimate of drug-likeness (QED) is 0.823. The Morgan fingerprint density at radius 1 is 1.44 bits per heavy atom. The molecule has 98 valence electrons. The highest BCUT2D eigenvalue weighted by molar-refractivity contribution is 6.32. The molecule has 2 aliphatic rings. The van der Waals surface area contributed by atoms with E-state index in [0.717, 1.165) is 17.5 Å². The van der Waals surface area contributed by atoms with Gasteiger partial charge in [0.15, 0.2) is 0 Å². The summed E-state index contributed by atoms with van der Waals surface area (Å²) < 4.78 is 0. The van der Waals surface area contributed by atoms with E-state index in [9.17, 15) is 0 Å². The molecule has 3 heteroatoms. The van der Waals surface area contributed by atoms with Crippen LogP contribution < -0.4 is 10.2 Å². The fourth-order valence-electron chi connectivity index (χ4n) is 3.41. The summed E-state index contributed by atoms with van der Waals surface area (Å²) in [6.45, 7) is 6.70. The van der Waals surface area contributed by atoms with Crippen LogP contribution in [0.25, 0.3) is 0 Å². The van der Waals surface area contributed by atoms with Gasteiger partial charge in [-0.15, -0.1) is 0 Å². The molecule has 1 fully saturated rings. The molecule has 1 saturated heterocycles. The van der Waals surface area contributed by atoms with Crippen molar-refractivity contribution in [2.24, 2.45) is 5.92 Å². The first kappa shape index (κ1) is 12.2. The van der Waals surface area contributed by atoms with Crippen LogP contribution in [0.4, 0.5) is 11.4 Å². The minimum atomic E-state index is 0.647. The van der Waals surface area contributed by atoms with E-state index < -0.39 is 0 Å². The van der Waals surface area contributed by atoms with Crippen molar-refractivity contribution in [1.82, 2.24) is 0 Å². The van der Waals surface area contributed by atoms with Crippen molar-refractivity contribution >= 4 is 23.0 Å². The summed E-state index contributed by atoms with van der Waals surface area (Å²) in [7, 11) is 0. The smallest absolute Gasteiger partial charge is 0.0649 e. The Labute approximate surface area is 114 Å². The number of nitrogens with zero attached hydrogens (tertiary/aromatic N) is 1. The van der Waals surface area contributed by atoms with Crippen LogP contribution in [0.5, 0.6) is 0 Å². The van der Waals surface area contributed by atoms with Gasteiger partial charge in [0.05, 0.1) is 11.4 Å². The van der Waals surface area contributed by atoms with E-state index in [-0.39, 0.29) is 0 Å². The second-order valence-corrected chi connectivity index (χ2v) is 6.00. The zero-order valence-electron chi connectivity index (χ0n) is 11.2. The molecule has 2 heterocycles. The van der Waals surface area contributed by atoms with Gasteiger partial charge in [-0.05, 0) is 43.4 Å². The molecule has 2 atom stereocenters. The lowest BCUT2D eigenvalue weighted by atomic mass is 9.87. The monoisotopic (exact) mass is 264 g/mol. The number of piperidine rings is 1. The highest BCUT2D eigenvalue weighted by atomic mass is 35.5. The molecule has 3 rings (SSSR count). The molecule has 0 aliphatic carbocycles. The molecule has 0 saturated carbocycles. The number of halogens is 1. The van der Waals surface area contributed by atoms with Crippen molar-refractivity contribution in [3.63, 3.8) is 0 Å². The Hall–Kier alpha value is -0.890. The second kappa shape index (κ2) is 4.65. The van der Waals surface area contributed by atoms with Gasteiger partial charge in [-0.25, -0.2) is 0 Å². The zero-order chi connectivity index (χ0) is 12.7. The Balaban J connectivity index is 1.96. The van der Waals surface area contributed by atoms with Crippen LogP contribution in [-0.4, -0.2) is 19.1 Å². The van der Waals surface area contributed by atoms with E-state index in [0.29, 0.717) is 6.04 Å². The van der Waals surface area contributed by atoms with Gasteiger partial charge in [0.1, 0.15) is 0 Å². The van der Waals surface area contributed by atoms with E-state index in [1.807, 2.05) is 6.07 Å². The van der Waals surface area contributed by atoms with Gasteiger partial charge in [-0.1, -0.05) is 24.9 Å². The number of fused-ring (bicyclic) bond motifs is 3. The SMILES string of the molecule is CCC1CCN2c3c(ccc(Cl)c3C)NCC2C1. The molecule has 0 aromatic heterocycles. The Morgan fingerprint density at radius 2 is 2.28 bits per heavy atom. The minimum Gasteiger partial charge on any atom is -0.381 e. The van der Waals surface area contributed by atoms with Crippen molar-refractivity contribution < 1.29 is 0 Å². The fourth-order valence-corrected chi connectivity index (χ4v) is 3.56. The number of hydrogen-bond acceptors (Lipinski definition) is 2. The maximum absolute atomic E-state index is 6.28. The molecule has 2 aliphatic heterocycles. The van der Waals surface area contributed by atoms with Gasteiger partial charge in [0, 0.05) is 24.2 Å². The van der Waals surface area contributed by atoms with Gasteiger partial charge in [0.25, 0.3) is 0 Å². The maximum Gasteiger partial charge on any atom is 0.0649 e. The van der Waals surface area contributed by atoms with E-state index >= 15 is 0 Å². The number of anilines is 2. The molecule has 1 aromatic rings. The van der Waals surface area contributed by atoms with E-state index in [2.05, 4.69) is 30.1 Å². The average Bonchev–Trinajstić information content (AvgIpc) is 2.41. The lowest BCUT2D eigenvalue weighted by Gasteiger charge is -2.45. The standard InChI is InChI=1S/C15H21ClN2/c1-3-11-6-7-18-12(8-11)9-17-14-5-4-13(16)10(2)15(14)18/h4-5,11-12,17H,3,6-9H2,1-2H3. The van der Waals surface area contributed by atoms with Crippen LogP contribution >= 0.6 is 11.6 Å². The van der Waals surface area contributed by atoms with Crippen LogP contribution in [0, 0.1) is 12.8 Å². The third-order valence-corrected chi connectivity index (χ3v) is 4.99. The van der Waals surface area contributed by atoms with Crippen molar-refractivity contribution in [3.8, 4) is 0 Å². The van der Waals surface area contributed by atoms with E-state index in [1.165, 1.54) is 42.7 Å². The van der Waals surface area contributed by atoms with Crippen LogP contribution in [0.15, 0.2) is 12.1 Å². The maximum atomic E-state index is 6.28. The van der Waals surface area contributed by atoms with Gasteiger partial charge < -0.3 is 10.2 Å². The second-order valence-electron chi connectivity index (χ2n) is 5.60. The number of rotatable bonds is 1. The van der Waals surface area contributed by atoms with Crippen molar-refractivity contribution in [3.05, 3.63) is 22.7 Å². The van der Waals surface area contributed by atoms with Gasteiger partial charge in [-0.3, -0.25) is 0 Å². The molecule has 0 radical (unpaired) electrons. The fraction of sp³-hybridized carbons (Fsp3) is 0.600. The summed E-state index contributed by atoms with van der Waals surface area (Å²) in [4.78, 5) is 2.58. The van der Waals surface area contributed by atoms with Crippen LogP contribution in [0.3, 0.4) is 0 Å². The highest BCUT2D eigenvalue weighted by Gasteiger charge is 2.33. The Morgan fingerprint density at radius 3 is 3.06 bits per heavy atom. The van der Waals surface area contributed by atoms with Crippen molar-refractivity contribution in [2.45, 2.75) is 39.2 Å². The molecule has 1 aromatic carbocycles. The first-order chi connectivity index (χ1) is 8.70. The molecule has 18 heavy (non-hydrogen) atoms. The number of nitrogens with one attached hydrogen (secondary N) is 1. The third-order valence-electron chi connectivity index (χ3n) is 4.58. The zero-order valence-corrected chi connectivity index (χ0v) is 11.9. The van der Waals surface area contributed by atoms with Crippen LogP contribution in [0.2, 0.25) is 5.02 Å². The lowest BCUT2D eigenvalue weighted by Crippen LogP contribution is -2.49. The molecular formula is C15H21ClN2. The summed E-state index contributed by atoms with van der Waals surface area (Å²) in [6, 6.07) is 4.77. The molecule has 1 N–H and O–H groups in total. The van der Waals surface area contributed by atoms with Crippen molar-refractivity contribution in [2.75, 3.05) is 23.3 Å². The third kappa shape index (κ3) is 1.87. The normalized spacial score (nSPS) is 26.3. The Bertz CT molecular complexity index is 458. The summed E-state index contributed by atoms with van der Waals surface area (Å²) in [5.74, 6) is 0.897. The first-order valence-electron chi connectivity index (χ1n) is 7.00. The van der Waals surface area contributed by atoms with E-state index in [4.69, 9.17) is 11.6 Å². The van der Waals surface area contributed by atoms with E-state index in [1.54, 1.807) is 0 Å². The number of benzene rings is 1. The molecule has 0 bridgehead atoms. The minimum absolute atomic E-state index is 0.647. The summed E-state index contributed by atoms with van der Waals surface area (Å²) in [5.41, 5.74) is 3.82. The molecular weight excluding hydrogens is 244 g/mol. The average molecular weight is 265 g/mol. The molecule has 0 spiro atoms.